The number of alkyl halides is 1. The third-order valence-electron chi connectivity index (χ3n) is 3.64. The van der Waals surface area contributed by atoms with Gasteiger partial charge in [-0.1, -0.05) is 15.9 Å². The van der Waals surface area contributed by atoms with E-state index in [9.17, 15) is 14.9 Å². The minimum absolute atomic E-state index is 0.0285. The number of rotatable bonds is 6. The van der Waals surface area contributed by atoms with E-state index in [-0.39, 0.29) is 5.69 Å². The van der Waals surface area contributed by atoms with Crippen molar-refractivity contribution < 1.29 is 14.1 Å². The second-order valence-electron chi connectivity index (χ2n) is 5.34. The van der Waals surface area contributed by atoms with Gasteiger partial charge in [0.1, 0.15) is 11.3 Å². The van der Waals surface area contributed by atoms with Crippen LogP contribution in [-0.4, -0.2) is 16.9 Å². The van der Waals surface area contributed by atoms with Crippen molar-refractivity contribution in [3.05, 3.63) is 69.1 Å². The van der Waals surface area contributed by atoms with Crippen molar-refractivity contribution in [2.75, 3.05) is 11.9 Å². The first kappa shape index (κ1) is 17.2. The molecule has 0 N–H and O–H groups in total. The molecule has 3 rings (SSSR count). The van der Waals surface area contributed by atoms with Crippen LogP contribution in [-0.2, 0) is 0 Å². The van der Waals surface area contributed by atoms with E-state index in [0.717, 1.165) is 17.1 Å². The van der Waals surface area contributed by atoms with Gasteiger partial charge in [0.15, 0.2) is 0 Å². The maximum Gasteiger partial charge on any atom is 0.344 e. The number of nitrogens with zero attached hydrogens (tertiary/aromatic N) is 1. The number of ether oxygens (including phenoxy) is 1. The van der Waals surface area contributed by atoms with E-state index in [4.69, 9.17) is 9.15 Å². The van der Waals surface area contributed by atoms with Crippen LogP contribution in [0.4, 0.5) is 5.69 Å². The molecule has 25 heavy (non-hydrogen) atoms. The first-order chi connectivity index (χ1) is 12.1. The quantitative estimate of drug-likeness (QED) is 0.198. The molecule has 0 unspecified atom stereocenters. The summed E-state index contributed by atoms with van der Waals surface area (Å²) in [6.07, 6.45) is 0.876. The summed E-state index contributed by atoms with van der Waals surface area (Å²) in [6.45, 7) is 0.571. The summed E-state index contributed by atoms with van der Waals surface area (Å²) in [6, 6.07) is 12.8. The molecule has 0 bridgehead atoms. The predicted octanol–water partition coefficient (Wildman–Crippen LogP) is 4.53. The van der Waals surface area contributed by atoms with Crippen LogP contribution in [0.2, 0.25) is 0 Å². The molecule has 7 heteroatoms. The summed E-state index contributed by atoms with van der Waals surface area (Å²) >= 11 is 3.34. The number of nitro benzene ring substituents is 1. The fourth-order valence-corrected chi connectivity index (χ4v) is 2.62. The summed E-state index contributed by atoms with van der Waals surface area (Å²) in [5, 5.41) is 12.3. The molecular formula is C18H14BrNO5. The second-order valence-corrected chi connectivity index (χ2v) is 6.14. The second kappa shape index (κ2) is 7.48. The minimum Gasteiger partial charge on any atom is -0.493 e. The largest absolute Gasteiger partial charge is 0.493 e. The molecule has 0 radical (unpaired) electrons. The van der Waals surface area contributed by atoms with E-state index in [1.165, 1.54) is 24.3 Å². The average Bonchev–Trinajstić information content (AvgIpc) is 2.61. The zero-order valence-corrected chi connectivity index (χ0v) is 14.7. The Balaban J connectivity index is 1.95. The Kier molecular flexibility index (Phi) is 5.14. The zero-order valence-electron chi connectivity index (χ0n) is 13.1. The molecule has 0 fully saturated rings. The standard InChI is InChI=1S/C18H14BrNO5/c19-8-1-9-24-15-7-4-13-10-16(18(21)25-17(13)11-15)12-2-5-14(6-3-12)20(22)23/h2-7,10-11H,1,8-9H2. The van der Waals surface area contributed by atoms with Crippen LogP contribution < -0.4 is 10.4 Å². The van der Waals surface area contributed by atoms with E-state index >= 15 is 0 Å². The van der Waals surface area contributed by atoms with Crippen molar-refractivity contribution in [1.29, 1.82) is 0 Å². The van der Waals surface area contributed by atoms with Gasteiger partial charge in [0.2, 0.25) is 0 Å². The van der Waals surface area contributed by atoms with Crippen molar-refractivity contribution >= 4 is 32.6 Å². The lowest BCUT2D eigenvalue weighted by Gasteiger charge is -2.07. The molecule has 1 heterocycles. The average molecular weight is 404 g/mol. The summed E-state index contributed by atoms with van der Waals surface area (Å²) in [7, 11) is 0. The summed E-state index contributed by atoms with van der Waals surface area (Å²) in [5.74, 6) is 0.639. The highest BCUT2D eigenvalue weighted by atomic mass is 79.9. The van der Waals surface area contributed by atoms with Gasteiger partial charge in [-0.3, -0.25) is 10.1 Å². The van der Waals surface area contributed by atoms with Crippen LogP contribution in [0.15, 0.2) is 57.7 Å². The van der Waals surface area contributed by atoms with Gasteiger partial charge in [0.25, 0.3) is 5.69 Å². The van der Waals surface area contributed by atoms with Gasteiger partial charge in [-0.05, 0) is 42.3 Å². The molecule has 0 aliphatic carbocycles. The van der Waals surface area contributed by atoms with E-state index in [2.05, 4.69) is 15.9 Å². The van der Waals surface area contributed by atoms with Crippen LogP contribution in [0.1, 0.15) is 6.42 Å². The molecule has 2 aromatic carbocycles. The van der Waals surface area contributed by atoms with Gasteiger partial charge in [-0.25, -0.2) is 4.79 Å². The lowest BCUT2D eigenvalue weighted by molar-refractivity contribution is -0.384. The minimum atomic E-state index is -0.501. The number of non-ortho nitro benzene ring substituents is 1. The van der Waals surface area contributed by atoms with Gasteiger partial charge in [0, 0.05) is 28.9 Å². The van der Waals surface area contributed by atoms with Crippen molar-refractivity contribution in [2.24, 2.45) is 0 Å². The molecule has 0 spiro atoms. The molecule has 128 valence electrons. The molecule has 0 amide bonds. The maximum absolute atomic E-state index is 12.3. The van der Waals surface area contributed by atoms with E-state index in [1.807, 2.05) is 12.1 Å². The van der Waals surface area contributed by atoms with E-state index < -0.39 is 10.5 Å². The topological polar surface area (TPSA) is 82.6 Å². The number of hydrogen-bond acceptors (Lipinski definition) is 5. The van der Waals surface area contributed by atoms with Gasteiger partial charge in [0.05, 0.1) is 17.1 Å². The van der Waals surface area contributed by atoms with Crippen LogP contribution in [0.3, 0.4) is 0 Å². The van der Waals surface area contributed by atoms with Crippen LogP contribution in [0.25, 0.3) is 22.1 Å². The molecular weight excluding hydrogens is 390 g/mol. The molecule has 0 aliphatic heterocycles. The number of nitro groups is 1. The third-order valence-corrected chi connectivity index (χ3v) is 4.20. The maximum atomic E-state index is 12.3. The Hall–Kier alpha value is -2.67. The highest BCUT2D eigenvalue weighted by Gasteiger charge is 2.11. The lowest BCUT2D eigenvalue weighted by atomic mass is 10.1. The van der Waals surface area contributed by atoms with Crippen LogP contribution >= 0.6 is 15.9 Å². The lowest BCUT2D eigenvalue weighted by Crippen LogP contribution is -2.03. The SMILES string of the molecule is O=c1oc2cc(OCCCBr)ccc2cc1-c1ccc([N+](=O)[O-])cc1. The van der Waals surface area contributed by atoms with Gasteiger partial charge in [-0.2, -0.15) is 0 Å². The van der Waals surface area contributed by atoms with Gasteiger partial charge in [-0.15, -0.1) is 0 Å². The smallest absolute Gasteiger partial charge is 0.344 e. The number of halogens is 1. The normalized spacial score (nSPS) is 10.8. The summed E-state index contributed by atoms with van der Waals surface area (Å²) in [5.41, 5.74) is 0.833. The van der Waals surface area contributed by atoms with Crippen LogP contribution in [0, 0.1) is 10.1 Å². The van der Waals surface area contributed by atoms with Gasteiger partial charge < -0.3 is 9.15 Å². The molecule has 0 aliphatic rings. The fourth-order valence-electron chi connectivity index (χ4n) is 2.39. The van der Waals surface area contributed by atoms with Crippen molar-refractivity contribution in [3.8, 4) is 16.9 Å². The van der Waals surface area contributed by atoms with E-state index in [0.29, 0.717) is 29.1 Å². The highest BCUT2D eigenvalue weighted by molar-refractivity contribution is 9.09. The Labute approximate surface area is 151 Å². The zero-order chi connectivity index (χ0) is 17.8. The number of benzene rings is 2. The van der Waals surface area contributed by atoms with Crippen molar-refractivity contribution in [2.45, 2.75) is 6.42 Å². The molecule has 0 saturated heterocycles. The Bertz CT molecular complexity index is 965. The molecule has 1 aromatic heterocycles. The molecule has 3 aromatic rings. The summed E-state index contributed by atoms with van der Waals surface area (Å²) < 4.78 is 11.0. The third kappa shape index (κ3) is 3.88. The molecule has 6 nitrogen and oxygen atoms in total. The first-order valence-corrected chi connectivity index (χ1v) is 8.72. The Morgan fingerprint density at radius 2 is 1.88 bits per heavy atom. The number of fused-ring (bicyclic) bond motifs is 1. The predicted molar refractivity (Wildman–Crippen MR) is 98.5 cm³/mol. The molecule has 0 saturated carbocycles. The highest BCUT2D eigenvalue weighted by Crippen LogP contribution is 2.25. The van der Waals surface area contributed by atoms with Crippen molar-refractivity contribution in [3.63, 3.8) is 0 Å². The van der Waals surface area contributed by atoms with E-state index in [1.54, 1.807) is 12.1 Å². The first-order valence-electron chi connectivity index (χ1n) is 7.60. The fraction of sp³-hybridized carbons (Fsp3) is 0.167. The monoisotopic (exact) mass is 403 g/mol. The van der Waals surface area contributed by atoms with Crippen molar-refractivity contribution in [1.82, 2.24) is 0 Å². The molecule has 0 atom stereocenters. The Morgan fingerprint density at radius 3 is 2.56 bits per heavy atom. The van der Waals surface area contributed by atoms with Gasteiger partial charge >= 0.3 is 5.63 Å². The summed E-state index contributed by atoms with van der Waals surface area (Å²) in [4.78, 5) is 22.5. The van der Waals surface area contributed by atoms with Crippen LogP contribution in [0.5, 0.6) is 5.75 Å². The Morgan fingerprint density at radius 1 is 1.12 bits per heavy atom. The number of hydrogen-bond donors (Lipinski definition) is 0.